The summed E-state index contributed by atoms with van der Waals surface area (Å²) in [6, 6.07) is 8.40. The molecule has 0 aromatic heterocycles. The Labute approximate surface area is 124 Å². The summed E-state index contributed by atoms with van der Waals surface area (Å²) >= 11 is 5.93. The molecule has 106 valence electrons. The fraction of sp³-hybridized carbons (Fsp3) is 0. The summed E-state index contributed by atoms with van der Waals surface area (Å²) in [5, 5.41) is -0.442. The first kappa shape index (κ1) is 13.9. The van der Waals surface area contributed by atoms with E-state index in [0.717, 1.165) is 6.07 Å². The Morgan fingerprint density at radius 2 is 1.43 bits per heavy atom. The van der Waals surface area contributed by atoms with Gasteiger partial charge in [0.2, 0.25) is 0 Å². The highest BCUT2D eigenvalue weighted by atomic mass is 35.5. The van der Waals surface area contributed by atoms with E-state index in [-0.39, 0.29) is 22.3 Å². The van der Waals surface area contributed by atoms with Gasteiger partial charge >= 0.3 is 0 Å². The van der Waals surface area contributed by atoms with Crippen molar-refractivity contribution >= 4 is 33.3 Å². The Kier molecular flexibility index (Phi) is 2.98. The normalized spacial score (nSPS) is 13.8. The fourth-order valence-electron chi connectivity index (χ4n) is 2.33. The molecular weight excluding hydrogens is 316 g/mol. The van der Waals surface area contributed by atoms with Crippen LogP contribution >= 0.6 is 11.6 Å². The molecule has 0 saturated carbocycles. The van der Waals surface area contributed by atoms with Crippen molar-refractivity contribution in [3.05, 3.63) is 63.7 Å². The number of benzene rings is 2. The Morgan fingerprint density at radius 1 is 0.857 bits per heavy atom. The van der Waals surface area contributed by atoms with Crippen molar-refractivity contribution in [2.24, 2.45) is 0 Å². The number of carbonyl (C=O) groups is 2. The van der Waals surface area contributed by atoms with Crippen molar-refractivity contribution in [2.75, 3.05) is 0 Å². The van der Waals surface area contributed by atoms with Gasteiger partial charge in [0.05, 0.1) is 10.6 Å². The first-order chi connectivity index (χ1) is 9.82. The van der Waals surface area contributed by atoms with E-state index in [0.29, 0.717) is 0 Å². The molecule has 2 aromatic carbocycles. The quantitative estimate of drug-likeness (QED) is 0.695. The van der Waals surface area contributed by atoms with E-state index in [2.05, 4.69) is 0 Å². The summed E-state index contributed by atoms with van der Waals surface area (Å²) in [6.07, 6.45) is 0. The molecule has 5 nitrogen and oxygen atoms in total. The predicted molar refractivity (Wildman–Crippen MR) is 74.6 cm³/mol. The molecule has 0 unspecified atom stereocenters. The minimum Gasteiger partial charge on any atom is -0.289 e. The number of ketones is 2. The molecule has 0 spiro atoms. The van der Waals surface area contributed by atoms with Gasteiger partial charge in [-0.3, -0.25) is 14.1 Å². The van der Waals surface area contributed by atoms with Crippen LogP contribution in [0.1, 0.15) is 31.8 Å². The summed E-state index contributed by atoms with van der Waals surface area (Å²) in [7, 11) is -4.58. The molecule has 0 aliphatic heterocycles. The summed E-state index contributed by atoms with van der Waals surface area (Å²) in [4.78, 5) is 24.2. The average Bonchev–Trinajstić information content (AvgIpc) is 2.43. The van der Waals surface area contributed by atoms with Crippen LogP contribution in [0.4, 0.5) is 0 Å². The van der Waals surface area contributed by atoms with E-state index in [1.807, 2.05) is 0 Å². The molecule has 0 amide bonds. The molecule has 0 atom stereocenters. The standard InChI is InChI=1S/C14H7ClO5S/c15-12-10(21(18,19)20)6-5-9-11(12)14(17)8-4-2-1-3-7(8)13(9)16/h1-6H,(H,18,19,20). The molecular formula is C14H7ClO5S. The highest BCUT2D eigenvalue weighted by Gasteiger charge is 2.33. The van der Waals surface area contributed by atoms with Gasteiger partial charge in [0.25, 0.3) is 10.1 Å². The first-order valence-corrected chi connectivity index (χ1v) is 7.62. The first-order valence-electron chi connectivity index (χ1n) is 5.81. The number of carbonyl (C=O) groups excluding carboxylic acids is 2. The lowest BCUT2D eigenvalue weighted by atomic mass is 9.84. The zero-order valence-electron chi connectivity index (χ0n) is 10.3. The van der Waals surface area contributed by atoms with Crippen LogP contribution in [0.2, 0.25) is 5.02 Å². The Morgan fingerprint density at radius 3 is 2.00 bits per heavy atom. The van der Waals surface area contributed by atoms with Crippen LogP contribution in [0, 0.1) is 0 Å². The largest absolute Gasteiger partial charge is 0.296 e. The van der Waals surface area contributed by atoms with Gasteiger partial charge in [-0.15, -0.1) is 0 Å². The third-order valence-electron chi connectivity index (χ3n) is 3.27. The van der Waals surface area contributed by atoms with Gasteiger partial charge in [0.1, 0.15) is 4.90 Å². The zero-order chi connectivity index (χ0) is 15.4. The van der Waals surface area contributed by atoms with Crippen LogP contribution in [0.3, 0.4) is 0 Å². The Hall–Kier alpha value is -2.02. The summed E-state index contributed by atoms with van der Waals surface area (Å²) < 4.78 is 31.6. The second kappa shape index (κ2) is 4.49. The smallest absolute Gasteiger partial charge is 0.289 e. The highest BCUT2D eigenvalue weighted by Crippen LogP contribution is 2.35. The van der Waals surface area contributed by atoms with Crippen molar-refractivity contribution in [1.82, 2.24) is 0 Å². The van der Waals surface area contributed by atoms with Crippen molar-refractivity contribution in [2.45, 2.75) is 4.90 Å². The van der Waals surface area contributed by atoms with E-state index >= 15 is 0 Å². The molecule has 2 aromatic rings. The minimum absolute atomic E-state index is 0.0242. The highest BCUT2D eigenvalue weighted by molar-refractivity contribution is 7.86. The average molecular weight is 323 g/mol. The number of hydrogen-bond donors (Lipinski definition) is 1. The van der Waals surface area contributed by atoms with Crippen LogP contribution in [0.5, 0.6) is 0 Å². The van der Waals surface area contributed by atoms with Gasteiger partial charge in [-0.05, 0) is 12.1 Å². The molecule has 0 fully saturated rings. The number of halogens is 1. The molecule has 7 heteroatoms. The maximum Gasteiger partial charge on any atom is 0.296 e. The molecule has 3 rings (SSSR count). The number of rotatable bonds is 1. The van der Waals surface area contributed by atoms with Crippen molar-refractivity contribution < 1.29 is 22.6 Å². The van der Waals surface area contributed by atoms with Gasteiger partial charge in [-0.2, -0.15) is 8.42 Å². The molecule has 1 aliphatic carbocycles. The molecule has 0 heterocycles. The monoisotopic (exact) mass is 322 g/mol. The van der Waals surface area contributed by atoms with E-state index < -0.39 is 31.6 Å². The van der Waals surface area contributed by atoms with Gasteiger partial charge in [0, 0.05) is 16.7 Å². The lowest BCUT2D eigenvalue weighted by Gasteiger charge is -2.19. The van der Waals surface area contributed by atoms with Gasteiger partial charge in [-0.1, -0.05) is 35.9 Å². The maximum absolute atomic E-state index is 12.4. The third kappa shape index (κ3) is 1.99. The Bertz CT molecular complexity index is 915. The topological polar surface area (TPSA) is 88.5 Å². The lowest BCUT2D eigenvalue weighted by Crippen LogP contribution is -2.22. The van der Waals surface area contributed by atoms with E-state index in [1.54, 1.807) is 12.1 Å². The van der Waals surface area contributed by atoms with Crippen LogP contribution in [-0.2, 0) is 10.1 Å². The van der Waals surface area contributed by atoms with E-state index in [9.17, 15) is 18.0 Å². The molecule has 1 N–H and O–H groups in total. The molecule has 0 saturated heterocycles. The van der Waals surface area contributed by atoms with Gasteiger partial charge in [0.15, 0.2) is 11.6 Å². The molecule has 1 aliphatic rings. The Balaban J connectivity index is 2.37. The van der Waals surface area contributed by atoms with Crippen molar-refractivity contribution in [3.8, 4) is 0 Å². The van der Waals surface area contributed by atoms with Crippen LogP contribution in [-0.4, -0.2) is 24.5 Å². The second-order valence-electron chi connectivity index (χ2n) is 4.48. The lowest BCUT2D eigenvalue weighted by molar-refractivity contribution is 0.0979. The summed E-state index contributed by atoms with van der Waals surface area (Å²) in [5.41, 5.74) is 0.224. The van der Waals surface area contributed by atoms with Crippen LogP contribution in [0.15, 0.2) is 41.3 Å². The van der Waals surface area contributed by atoms with Gasteiger partial charge in [-0.25, -0.2) is 0 Å². The molecule has 21 heavy (non-hydrogen) atoms. The summed E-state index contributed by atoms with van der Waals surface area (Å²) in [6.45, 7) is 0. The van der Waals surface area contributed by atoms with Gasteiger partial charge < -0.3 is 0 Å². The zero-order valence-corrected chi connectivity index (χ0v) is 11.9. The van der Waals surface area contributed by atoms with Crippen LogP contribution < -0.4 is 0 Å². The van der Waals surface area contributed by atoms with Crippen molar-refractivity contribution in [1.29, 1.82) is 0 Å². The predicted octanol–water partition coefficient (Wildman–Crippen LogP) is 2.36. The van der Waals surface area contributed by atoms with Crippen LogP contribution in [0.25, 0.3) is 0 Å². The summed E-state index contributed by atoms with van der Waals surface area (Å²) in [5.74, 6) is -0.959. The van der Waals surface area contributed by atoms with E-state index in [4.69, 9.17) is 16.2 Å². The SMILES string of the molecule is O=C1c2ccccc2C(=O)c2c1ccc(S(=O)(=O)O)c2Cl. The fourth-order valence-corrected chi connectivity index (χ4v) is 3.44. The van der Waals surface area contributed by atoms with E-state index in [1.165, 1.54) is 18.2 Å². The molecule has 0 bridgehead atoms. The second-order valence-corrected chi connectivity index (χ2v) is 6.25. The third-order valence-corrected chi connectivity index (χ3v) is 4.67. The van der Waals surface area contributed by atoms with Crippen molar-refractivity contribution in [3.63, 3.8) is 0 Å². The number of hydrogen-bond acceptors (Lipinski definition) is 4. The molecule has 0 radical (unpaired) electrons. The minimum atomic E-state index is -4.58. The maximum atomic E-state index is 12.4. The number of fused-ring (bicyclic) bond motifs is 2.